The molecule has 2 heterocycles. The second-order valence-electron chi connectivity index (χ2n) is 5.29. The summed E-state index contributed by atoms with van der Waals surface area (Å²) in [5.74, 6) is 1.83. The van der Waals surface area contributed by atoms with Gasteiger partial charge in [-0.15, -0.1) is 0 Å². The molecule has 2 aromatic rings. The highest BCUT2D eigenvalue weighted by molar-refractivity contribution is 5.06. The zero-order valence-corrected chi connectivity index (χ0v) is 12.8. The van der Waals surface area contributed by atoms with Gasteiger partial charge in [0.15, 0.2) is 0 Å². The molecular formula is C14H24N6. The van der Waals surface area contributed by atoms with Crippen LogP contribution in [0.5, 0.6) is 0 Å². The Morgan fingerprint density at radius 3 is 2.75 bits per heavy atom. The fourth-order valence-corrected chi connectivity index (χ4v) is 2.29. The van der Waals surface area contributed by atoms with Crippen LogP contribution in [0.2, 0.25) is 0 Å². The lowest BCUT2D eigenvalue weighted by Crippen LogP contribution is -2.21. The summed E-state index contributed by atoms with van der Waals surface area (Å²) in [5, 5.41) is 11.6. The van der Waals surface area contributed by atoms with E-state index in [1.807, 2.05) is 6.92 Å². The highest BCUT2D eigenvalue weighted by atomic mass is 15.3. The standard InChI is InChI=1S/C14H24N6/c1-5-13-15-14(17-16-13)10-19(4)7-6-8-20-12(3)9-11(2)18-20/h9H,5-8,10H2,1-4H3,(H,15,16,17). The van der Waals surface area contributed by atoms with E-state index in [0.717, 1.165) is 49.8 Å². The van der Waals surface area contributed by atoms with E-state index in [2.05, 4.69) is 56.8 Å². The maximum atomic E-state index is 4.48. The van der Waals surface area contributed by atoms with Crippen molar-refractivity contribution in [3.63, 3.8) is 0 Å². The molecule has 0 aliphatic carbocycles. The van der Waals surface area contributed by atoms with Gasteiger partial charge >= 0.3 is 0 Å². The largest absolute Gasteiger partial charge is 0.299 e. The van der Waals surface area contributed by atoms with E-state index in [9.17, 15) is 0 Å². The maximum Gasteiger partial charge on any atom is 0.150 e. The van der Waals surface area contributed by atoms with E-state index >= 15 is 0 Å². The Hall–Kier alpha value is -1.69. The van der Waals surface area contributed by atoms with Crippen LogP contribution in [0.4, 0.5) is 0 Å². The summed E-state index contributed by atoms with van der Waals surface area (Å²) >= 11 is 0. The van der Waals surface area contributed by atoms with Crippen LogP contribution in [0, 0.1) is 13.8 Å². The second-order valence-corrected chi connectivity index (χ2v) is 5.29. The highest BCUT2D eigenvalue weighted by Crippen LogP contribution is 2.04. The number of nitrogens with one attached hydrogen (secondary N) is 1. The van der Waals surface area contributed by atoms with Crippen molar-refractivity contribution in [2.45, 2.75) is 46.7 Å². The molecule has 0 radical (unpaired) electrons. The van der Waals surface area contributed by atoms with Crippen LogP contribution in [0.3, 0.4) is 0 Å². The number of nitrogens with zero attached hydrogens (tertiary/aromatic N) is 5. The highest BCUT2D eigenvalue weighted by Gasteiger charge is 2.06. The Labute approximate surface area is 120 Å². The Kier molecular flexibility index (Phi) is 4.89. The lowest BCUT2D eigenvalue weighted by atomic mass is 10.3. The quantitative estimate of drug-likeness (QED) is 0.836. The third-order valence-electron chi connectivity index (χ3n) is 3.33. The Bertz CT molecular complexity index is 542. The van der Waals surface area contributed by atoms with Crippen LogP contribution >= 0.6 is 0 Å². The first-order chi connectivity index (χ1) is 9.58. The molecule has 2 aromatic heterocycles. The van der Waals surface area contributed by atoms with E-state index in [-0.39, 0.29) is 0 Å². The molecule has 0 saturated heterocycles. The fourth-order valence-electron chi connectivity index (χ4n) is 2.29. The normalized spacial score (nSPS) is 11.4. The first kappa shape index (κ1) is 14.7. The van der Waals surface area contributed by atoms with Crippen LogP contribution < -0.4 is 0 Å². The molecule has 0 atom stereocenters. The second kappa shape index (κ2) is 6.65. The summed E-state index contributed by atoms with van der Waals surface area (Å²) in [6.45, 7) is 8.98. The number of aromatic amines is 1. The smallest absolute Gasteiger partial charge is 0.150 e. The summed E-state index contributed by atoms with van der Waals surface area (Å²) in [7, 11) is 2.11. The van der Waals surface area contributed by atoms with Gasteiger partial charge in [-0.1, -0.05) is 6.92 Å². The van der Waals surface area contributed by atoms with E-state index in [1.54, 1.807) is 0 Å². The van der Waals surface area contributed by atoms with Crippen molar-refractivity contribution in [2.75, 3.05) is 13.6 Å². The molecule has 0 fully saturated rings. The van der Waals surface area contributed by atoms with Crippen molar-refractivity contribution < 1.29 is 0 Å². The summed E-state index contributed by atoms with van der Waals surface area (Å²) in [6, 6.07) is 2.12. The summed E-state index contributed by atoms with van der Waals surface area (Å²) in [4.78, 5) is 6.68. The number of H-pyrrole nitrogens is 1. The van der Waals surface area contributed by atoms with Crippen LogP contribution in [-0.2, 0) is 19.5 Å². The van der Waals surface area contributed by atoms with Crippen LogP contribution in [0.1, 0.15) is 36.4 Å². The molecule has 0 amide bonds. The van der Waals surface area contributed by atoms with Gasteiger partial charge in [0.25, 0.3) is 0 Å². The van der Waals surface area contributed by atoms with Crippen molar-refractivity contribution in [2.24, 2.45) is 0 Å². The molecule has 110 valence electrons. The molecule has 0 saturated carbocycles. The zero-order chi connectivity index (χ0) is 14.5. The molecule has 0 aliphatic rings. The SMILES string of the molecule is CCc1n[nH]c(CN(C)CCCn2nc(C)cc2C)n1. The van der Waals surface area contributed by atoms with Gasteiger partial charge in [0.05, 0.1) is 12.2 Å². The summed E-state index contributed by atoms with van der Waals surface area (Å²) < 4.78 is 2.08. The molecule has 1 N–H and O–H groups in total. The molecule has 0 bridgehead atoms. The molecular weight excluding hydrogens is 252 g/mol. The number of aryl methyl sites for hydroxylation is 4. The first-order valence-corrected chi connectivity index (χ1v) is 7.18. The Morgan fingerprint density at radius 2 is 2.15 bits per heavy atom. The number of aromatic nitrogens is 5. The van der Waals surface area contributed by atoms with Gasteiger partial charge in [-0.25, -0.2) is 4.98 Å². The van der Waals surface area contributed by atoms with E-state index < -0.39 is 0 Å². The average Bonchev–Trinajstić information content (AvgIpc) is 2.96. The topological polar surface area (TPSA) is 62.6 Å². The van der Waals surface area contributed by atoms with Gasteiger partial charge in [0.2, 0.25) is 0 Å². The monoisotopic (exact) mass is 276 g/mol. The Balaban J connectivity index is 1.75. The van der Waals surface area contributed by atoms with Crippen molar-refractivity contribution in [1.29, 1.82) is 0 Å². The predicted octanol–water partition coefficient (Wildman–Crippen LogP) is 1.70. The van der Waals surface area contributed by atoms with Crippen LogP contribution in [-0.4, -0.2) is 43.5 Å². The number of rotatable bonds is 7. The number of hydrogen-bond donors (Lipinski definition) is 1. The maximum absolute atomic E-state index is 4.48. The van der Waals surface area contributed by atoms with Gasteiger partial charge in [0.1, 0.15) is 11.6 Å². The van der Waals surface area contributed by atoms with Crippen molar-refractivity contribution in [1.82, 2.24) is 29.9 Å². The summed E-state index contributed by atoms with van der Waals surface area (Å²) in [5.41, 5.74) is 2.32. The molecule has 20 heavy (non-hydrogen) atoms. The van der Waals surface area contributed by atoms with E-state index in [1.165, 1.54) is 5.69 Å². The third kappa shape index (κ3) is 3.90. The van der Waals surface area contributed by atoms with Crippen molar-refractivity contribution in [3.8, 4) is 0 Å². The molecule has 2 rings (SSSR count). The minimum Gasteiger partial charge on any atom is -0.299 e. The molecule has 0 aliphatic heterocycles. The molecule has 0 spiro atoms. The minimum absolute atomic E-state index is 0.810. The van der Waals surface area contributed by atoms with Gasteiger partial charge in [-0.05, 0) is 33.4 Å². The van der Waals surface area contributed by atoms with E-state index in [4.69, 9.17) is 0 Å². The van der Waals surface area contributed by atoms with Crippen LogP contribution in [0.15, 0.2) is 6.07 Å². The van der Waals surface area contributed by atoms with Gasteiger partial charge < -0.3 is 0 Å². The lowest BCUT2D eigenvalue weighted by molar-refractivity contribution is 0.303. The van der Waals surface area contributed by atoms with Crippen LogP contribution in [0.25, 0.3) is 0 Å². The van der Waals surface area contributed by atoms with E-state index in [0.29, 0.717) is 0 Å². The zero-order valence-electron chi connectivity index (χ0n) is 12.8. The molecule has 0 unspecified atom stereocenters. The van der Waals surface area contributed by atoms with Crippen molar-refractivity contribution in [3.05, 3.63) is 29.1 Å². The Morgan fingerprint density at radius 1 is 1.35 bits per heavy atom. The molecule has 6 heteroatoms. The summed E-state index contributed by atoms with van der Waals surface area (Å²) in [6.07, 6.45) is 1.95. The van der Waals surface area contributed by atoms with Gasteiger partial charge in [0, 0.05) is 25.2 Å². The number of hydrogen-bond acceptors (Lipinski definition) is 4. The molecule has 6 nitrogen and oxygen atoms in total. The average molecular weight is 276 g/mol. The fraction of sp³-hybridized carbons (Fsp3) is 0.643. The van der Waals surface area contributed by atoms with Gasteiger partial charge in [-0.3, -0.25) is 14.7 Å². The third-order valence-corrected chi connectivity index (χ3v) is 3.33. The van der Waals surface area contributed by atoms with Gasteiger partial charge in [-0.2, -0.15) is 10.2 Å². The molecule has 0 aromatic carbocycles. The first-order valence-electron chi connectivity index (χ1n) is 7.18. The lowest BCUT2D eigenvalue weighted by Gasteiger charge is -2.14. The predicted molar refractivity (Wildman–Crippen MR) is 78.4 cm³/mol. The minimum atomic E-state index is 0.810. The van der Waals surface area contributed by atoms with Crippen molar-refractivity contribution >= 4 is 0 Å².